The van der Waals surface area contributed by atoms with Crippen LogP contribution in [0.3, 0.4) is 0 Å². The summed E-state index contributed by atoms with van der Waals surface area (Å²) in [5.41, 5.74) is 0.771. The summed E-state index contributed by atoms with van der Waals surface area (Å²) in [5, 5.41) is 24.3. The molecule has 102 valence electrons. The average Bonchev–Trinajstić information content (AvgIpc) is 2.96. The molecule has 0 saturated heterocycles. The average molecular weight is 282 g/mol. The van der Waals surface area contributed by atoms with Crippen LogP contribution in [0.2, 0.25) is 0 Å². The van der Waals surface area contributed by atoms with Gasteiger partial charge in [0.2, 0.25) is 0 Å². The first-order valence-electron chi connectivity index (χ1n) is 5.89. The predicted molar refractivity (Wildman–Crippen MR) is 67.5 cm³/mol. The molecular weight excluding hydrogens is 268 g/mol. The van der Waals surface area contributed by atoms with Crippen molar-refractivity contribution in [1.29, 1.82) is 0 Å². The van der Waals surface area contributed by atoms with Crippen LogP contribution in [-0.4, -0.2) is 40.9 Å². The molecular formula is C10H14N6O2S. The first kappa shape index (κ1) is 13.5. The van der Waals surface area contributed by atoms with Crippen LogP contribution in [0.1, 0.15) is 25.5 Å². The quantitative estimate of drug-likeness (QED) is 0.842. The molecule has 19 heavy (non-hydrogen) atoms. The highest BCUT2D eigenvalue weighted by molar-refractivity contribution is 7.09. The van der Waals surface area contributed by atoms with Gasteiger partial charge in [-0.15, -0.1) is 10.2 Å². The summed E-state index contributed by atoms with van der Waals surface area (Å²) in [4.78, 5) is 11.6. The van der Waals surface area contributed by atoms with Gasteiger partial charge in [0.05, 0.1) is 5.69 Å². The van der Waals surface area contributed by atoms with Crippen molar-refractivity contribution >= 4 is 17.5 Å². The van der Waals surface area contributed by atoms with E-state index in [0.717, 1.165) is 17.0 Å². The van der Waals surface area contributed by atoms with E-state index in [4.69, 9.17) is 5.11 Å². The van der Waals surface area contributed by atoms with Crippen LogP contribution < -0.4 is 0 Å². The Morgan fingerprint density at radius 2 is 2.26 bits per heavy atom. The Morgan fingerprint density at radius 3 is 2.84 bits per heavy atom. The van der Waals surface area contributed by atoms with Crippen molar-refractivity contribution in [1.82, 2.24) is 29.8 Å². The van der Waals surface area contributed by atoms with Crippen molar-refractivity contribution in [3.8, 4) is 10.7 Å². The van der Waals surface area contributed by atoms with E-state index in [-0.39, 0.29) is 12.3 Å². The largest absolute Gasteiger partial charge is 0.481 e. The molecule has 0 aliphatic carbocycles. The first-order valence-corrected chi connectivity index (χ1v) is 6.66. The molecule has 2 aromatic heterocycles. The summed E-state index contributed by atoms with van der Waals surface area (Å²) in [6.07, 6.45) is 0.862. The Balaban J connectivity index is 2.20. The van der Waals surface area contributed by atoms with Gasteiger partial charge in [0, 0.05) is 13.0 Å². The van der Waals surface area contributed by atoms with E-state index in [2.05, 4.69) is 25.1 Å². The molecule has 0 spiro atoms. The minimum absolute atomic E-state index is 0.000867. The fourth-order valence-corrected chi connectivity index (χ4v) is 2.40. The van der Waals surface area contributed by atoms with Gasteiger partial charge in [-0.05, 0) is 34.8 Å². The van der Waals surface area contributed by atoms with Crippen molar-refractivity contribution in [3.63, 3.8) is 0 Å². The topological polar surface area (TPSA) is 107 Å². The number of aromatic nitrogens is 6. The number of carboxylic acids is 1. The van der Waals surface area contributed by atoms with Crippen LogP contribution in [0.5, 0.6) is 0 Å². The highest BCUT2D eigenvalue weighted by atomic mass is 32.1. The number of tetrazole rings is 1. The van der Waals surface area contributed by atoms with Crippen molar-refractivity contribution in [2.45, 2.75) is 33.2 Å². The van der Waals surface area contributed by atoms with E-state index in [1.54, 1.807) is 4.68 Å². The molecule has 0 aliphatic heterocycles. The number of hydrogen-bond donors (Lipinski definition) is 1. The number of carboxylic acid groups (broad SMARTS) is 1. The Bertz CT molecular complexity index is 566. The van der Waals surface area contributed by atoms with E-state index in [0.29, 0.717) is 12.4 Å². The molecule has 0 amide bonds. The van der Waals surface area contributed by atoms with Gasteiger partial charge in [-0.25, -0.2) is 4.68 Å². The third-order valence-electron chi connectivity index (χ3n) is 2.86. The highest BCUT2D eigenvalue weighted by Gasteiger charge is 2.19. The van der Waals surface area contributed by atoms with Gasteiger partial charge < -0.3 is 5.11 Å². The molecule has 0 bridgehead atoms. The molecule has 8 nitrogen and oxygen atoms in total. The summed E-state index contributed by atoms with van der Waals surface area (Å²) in [6.45, 7) is 4.27. The SMILES string of the molecule is CCC(CC(=O)O)Cn1nnnc1-c1snnc1C. The van der Waals surface area contributed by atoms with E-state index in [1.165, 1.54) is 11.5 Å². The molecule has 1 atom stereocenters. The Kier molecular flexibility index (Phi) is 4.15. The van der Waals surface area contributed by atoms with Gasteiger partial charge in [-0.1, -0.05) is 17.8 Å². The summed E-state index contributed by atoms with van der Waals surface area (Å²) >= 11 is 1.23. The van der Waals surface area contributed by atoms with Crippen LogP contribution in [-0.2, 0) is 11.3 Å². The summed E-state index contributed by atoms with van der Waals surface area (Å²) < 4.78 is 5.48. The van der Waals surface area contributed by atoms with Crippen molar-refractivity contribution in [3.05, 3.63) is 5.69 Å². The highest BCUT2D eigenvalue weighted by Crippen LogP contribution is 2.23. The number of carbonyl (C=O) groups is 1. The van der Waals surface area contributed by atoms with Crippen LogP contribution in [0.25, 0.3) is 10.7 Å². The third-order valence-corrected chi connectivity index (χ3v) is 3.68. The van der Waals surface area contributed by atoms with Crippen molar-refractivity contribution < 1.29 is 9.90 Å². The Morgan fingerprint density at radius 1 is 1.47 bits per heavy atom. The first-order chi connectivity index (χ1) is 9.11. The second-order valence-electron chi connectivity index (χ2n) is 4.24. The standard InChI is InChI=1S/C10H14N6O2S/c1-3-7(4-8(17)18)5-16-10(12-13-14-16)9-6(2)11-15-19-9/h7H,3-5H2,1-2H3,(H,17,18). The lowest BCUT2D eigenvalue weighted by Gasteiger charge is -2.12. The maximum Gasteiger partial charge on any atom is 0.303 e. The Labute approximate surface area is 113 Å². The van der Waals surface area contributed by atoms with Crippen molar-refractivity contribution in [2.75, 3.05) is 0 Å². The summed E-state index contributed by atoms with van der Waals surface area (Å²) in [5.74, 6) is -0.214. The molecule has 0 fully saturated rings. The number of aliphatic carboxylic acids is 1. The smallest absolute Gasteiger partial charge is 0.303 e. The molecule has 0 aliphatic rings. The van der Waals surface area contributed by atoms with E-state index >= 15 is 0 Å². The minimum atomic E-state index is -0.808. The molecule has 2 heterocycles. The molecule has 1 N–H and O–H groups in total. The predicted octanol–water partition coefficient (Wildman–Crippen LogP) is 1.00. The molecule has 2 rings (SSSR count). The summed E-state index contributed by atoms with van der Waals surface area (Å²) in [6, 6.07) is 0. The lowest BCUT2D eigenvalue weighted by atomic mass is 10.0. The molecule has 0 aromatic carbocycles. The zero-order chi connectivity index (χ0) is 13.8. The number of hydrogen-bond acceptors (Lipinski definition) is 7. The van der Waals surface area contributed by atoms with Gasteiger partial charge in [0.15, 0.2) is 5.82 Å². The molecule has 2 aromatic rings. The van der Waals surface area contributed by atoms with Crippen molar-refractivity contribution in [2.24, 2.45) is 5.92 Å². The molecule has 1 unspecified atom stereocenters. The van der Waals surface area contributed by atoms with E-state index in [9.17, 15) is 4.79 Å². The fraction of sp³-hybridized carbons (Fsp3) is 0.600. The van der Waals surface area contributed by atoms with E-state index in [1.807, 2.05) is 13.8 Å². The lowest BCUT2D eigenvalue weighted by Crippen LogP contribution is -2.16. The maximum atomic E-state index is 10.8. The van der Waals surface area contributed by atoms with Gasteiger partial charge >= 0.3 is 5.97 Å². The fourth-order valence-electron chi connectivity index (χ4n) is 1.76. The molecule has 0 saturated carbocycles. The molecule has 0 radical (unpaired) electrons. The molecule has 9 heteroatoms. The zero-order valence-corrected chi connectivity index (χ0v) is 11.5. The third kappa shape index (κ3) is 3.11. The van der Waals surface area contributed by atoms with Crippen LogP contribution in [0.15, 0.2) is 0 Å². The second kappa shape index (κ2) is 5.83. The second-order valence-corrected chi connectivity index (χ2v) is 5.00. The van der Waals surface area contributed by atoms with Gasteiger partial charge in [-0.3, -0.25) is 4.79 Å². The van der Waals surface area contributed by atoms with E-state index < -0.39 is 5.97 Å². The van der Waals surface area contributed by atoms with Crippen LogP contribution in [0, 0.1) is 12.8 Å². The van der Waals surface area contributed by atoms with Gasteiger partial charge in [0.25, 0.3) is 0 Å². The normalized spacial score (nSPS) is 12.5. The number of nitrogens with zero attached hydrogens (tertiary/aromatic N) is 6. The summed E-state index contributed by atoms with van der Waals surface area (Å²) in [7, 11) is 0. The van der Waals surface area contributed by atoms with Gasteiger partial charge in [0.1, 0.15) is 4.88 Å². The van der Waals surface area contributed by atoms with Crippen LogP contribution >= 0.6 is 11.5 Å². The Hall–Kier alpha value is -1.90. The van der Waals surface area contributed by atoms with Crippen LogP contribution in [0.4, 0.5) is 0 Å². The number of aryl methyl sites for hydroxylation is 1. The maximum absolute atomic E-state index is 10.8. The number of rotatable bonds is 6. The minimum Gasteiger partial charge on any atom is -0.481 e. The monoisotopic (exact) mass is 282 g/mol. The van der Waals surface area contributed by atoms with Gasteiger partial charge in [-0.2, -0.15) is 0 Å². The lowest BCUT2D eigenvalue weighted by molar-refractivity contribution is -0.138. The zero-order valence-electron chi connectivity index (χ0n) is 10.6.